The van der Waals surface area contributed by atoms with Gasteiger partial charge in [-0.3, -0.25) is 0 Å². The summed E-state index contributed by atoms with van der Waals surface area (Å²) >= 11 is 3.23. The van der Waals surface area contributed by atoms with Crippen molar-refractivity contribution in [3.05, 3.63) is 22.9 Å². The maximum atomic E-state index is 5.22. The summed E-state index contributed by atoms with van der Waals surface area (Å²) in [6.45, 7) is 0. The van der Waals surface area contributed by atoms with Gasteiger partial charge in [-0.1, -0.05) is 6.07 Å². The molecule has 1 aromatic carbocycles. The number of nitrogens with zero attached hydrogens (tertiary/aromatic N) is 2. The van der Waals surface area contributed by atoms with E-state index < -0.39 is 0 Å². The molecule has 5 heteroatoms. The first-order valence-electron chi connectivity index (χ1n) is 4.30. The Hall–Kier alpha value is -1.36. The average Bonchev–Trinajstić information content (AvgIpc) is 2.27. The van der Waals surface area contributed by atoms with Gasteiger partial charge in [0.2, 0.25) is 10.6 Å². The van der Waals surface area contributed by atoms with Crippen LogP contribution in [0.4, 0.5) is 0 Å². The number of benzene rings is 1. The van der Waals surface area contributed by atoms with E-state index in [9.17, 15) is 0 Å². The van der Waals surface area contributed by atoms with Gasteiger partial charge >= 0.3 is 0 Å². The van der Waals surface area contributed by atoms with Crippen LogP contribution >= 0.6 is 15.9 Å². The van der Waals surface area contributed by atoms with E-state index in [1.165, 1.54) is 0 Å². The predicted molar refractivity (Wildman–Crippen MR) is 60.3 cm³/mol. The molecule has 1 heterocycles. The van der Waals surface area contributed by atoms with Crippen LogP contribution in [0.5, 0.6) is 11.6 Å². The zero-order chi connectivity index (χ0) is 10.8. The van der Waals surface area contributed by atoms with E-state index in [2.05, 4.69) is 25.9 Å². The van der Waals surface area contributed by atoms with E-state index in [1.54, 1.807) is 14.2 Å². The highest BCUT2D eigenvalue weighted by Crippen LogP contribution is 2.30. The Balaban J connectivity index is 2.82. The van der Waals surface area contributed by atoms with Crippen molar-refractivity contribution in [1.82, 2.24) is 9.97 Å². The van der Waals surface area contributed by atoms with Crippen LogP contribution in [-0.4, -0.2) is 24.2 Å². The number of methoxy groups -OCH3 is 2. The van der Waals surface area contributed by atoms with Crippen LogP contribution < -0.4 is 9.47 Å². The number of rotatable bonds is 2. The summed E-state index contributed by atoms with van der Waals surface area (Å²) in [5, 5.41) is 0.833. The molecule has 0 fully saturated rings. The van der Waals surface area contributed by atoms with Crippen molar-refractivity contribution in [2.45, 2.75) is 0 Å². The summed E-state index contributed by atoms with van der Waals surface area (Å²) in [4.78, 5) is 8.38. The Morgan fingerprint density at radius 3 is 2.60 bits per heavy atom. The highest BCUT2D eigenvalue weighted by atomic mass is 79.9. The van der Waals surface area contributed by atoms with Crippen LogP contribution in [0.15, 0.2) is 22.9 Å². The third kappa shape index (κ3) is 1.74. The van der Waals surface area contributed by atoms with Crippen LogP contribution in [0.3, 0.4) is 0 Å². The number of hydrogen-bond acceptors (Lipinski definition) is 4. The van der Waals surface area contributed by atoms with Gasteiger partial charge in [0.1, 0.15) is 11.3 Å². The fourth-order valence-corrected chi connectivity index (χ4v) is 1.73. The van der Waals surface area contributed by atoms with Crippen LogP contribution in [0.25, 0.3) is 10.9 Å². The second-order valence-corrected chi connectivity index (χ2v) is 3.57. The second kappa shape index (κ2) is 4.02. The first kappa shape index (κ1) is 10.2. The highest BCUT2D eigenvalue weighted by molar-refractivity contribution is 9.10. The van der Waals surface area contributed by atoms with Crippen LogP contribution in [0.1, 0.15) is 0 Å². The minimum absolute atomic E-state index is 0.483. The molecular formula is C10H9BrN2O2. The van der Waals surface area contributed by atoms with Crippen molar-refractivity contribution in [3.63, 3.8) is 0 Å². The molecule has 0 atom stereocenters. The van der Waals surface area contributed by atoms with E-state index in [1.807, 2.05) is 18.2 Å². The van der Waals surface area contributed by atoms with Crippen molar-refractivity contribution in [2.24, 2.45) is 0 Å². The van der Waals surface area contributed by atoms with Gasteiger partial charge in [0.05, 0.1) is 19.6 Å². The minimum atomic E-state index is 0.483. The number of fused-ring (bicyclic) bond motifs is 1. The van der Waals surface area contributed by atoms with E-state index >= 15 is 0 Å². The van der Waals surface area contributed by atoms with Gasteiger partial charge in [0.15, 0.2) is 0 Å². The van der Waals surface area contributed by atoms with Crippen LogP contribution in [0, 0.1) is 0 Å². The molecule has 0 unspecified atom stereocenters. The molecule has 0 radical (unpaired) electrons. The third-order valence-corrected chi connectivity index (χ3v) is 2.40. The van der Waals surface area contributed by atoms with Gasteiger partial charge in [0.25, 0.3) is 0 Å². The number of aromatic nitrogens is 2. The van der Waals surface area contributed by atoms with E-state index in [0.717, 1.165) is 10.9 Å². The van der Waals surface area contributed by atoms with Crippen molar-refractivity contribution >= 4 is 26.8 Å². The van der Waals surface area contributed by atoms with Gasteiger partial charge in [-0.2, -0.15) is 4.98 Å². The first-order valence-corrected chi connectivity index (χ1v) is 5.10. The number of halogens is 1. The molecule has 0 saturated carbocycles. The Bertz CT molecular complexity index is 502. The summed E-state index contributed by atoms with van der Waals surface area (Å²) in [7, 11) is 3.19. The van der Waals surface area contributed by atoms with Crippen LogP contribution in [-0.2, 0) is 0 Å². The normalized spacial score (nSPS) is 10.3. The standard InChI is InChI=1S/C10H9BrN2O2/c1-14-7-5-3-4-6-8(7)12-10(11)13-9(6)15-2/h3-5H,1-2H3. The molecule has 0 saturated heterocycles. The molecule has 0 aliphatic carbocycles. The molecule has 0 bridgehead atoms. The summed E-state index contributed by atoms with van der Waals surface area (Å²) in [5.41, 5.74) is 0.735. The first-order chi connectivity index (χ1) is 7.26. The molecule has 0 spiro atoms. The molecule has 2 rings (SSSR count). The maximum Gasteiger partial charge on any atom is 0.225 e. The zero-order valence-corrected chi connectivity index (χ0v) is 9.91. The van der Waals surface area contributed by atoms with Crippen LogP contribution in [0.2, 0.25) is 0 Å². The van der Waals surface area contributed by atoms with Gasteiger partial charge in [-0.25, -0.2) is 4.98 Å². The molecule has 0 aliphatic heterocycles. The van der Waals surface area contributed by atoms with Crippen molar-refractivity contribution in [2.75, 3.05) is 14.2 Å². The highest BCUT2D eigenvalue weighted by Gasteiger charge is 2.10. The molecule has 78 valence electrons. The van der Waals surface area contributed by atoms with Gasteiger partial charge in [0, 0.05) is 0 Å². The summed E-state index contributed by atoms with van der Waals surface area (Å²) < 4.78 is 10.9. The molecule has 2 aromatic rings. The van der Waals surface area contributed by atoms with E-state index in [0.29, 0.717) is 16.4 Å². The maximum absolute atomic E-state index is 5.22. The third-order valence-electron chi connectivity index (χ3n) is 2.04. The van der Waals surface area contributed by atoms with Gasteiger partial charge in [-0.05, 0) is 28.1 Å². The Labute approximate surface area is 95.4 Å². The molecule has 15 heavy (non-hydrogen) atoms. The van der Waals surface area contributed by atoms with Crippen molar-refractivity contribution in [3.8, 4) is 11.6 Å². The van der Waals surface area contributed by atoms with E-state index in [4.69, 9.17) is 9.47 Å². The second-order valence-electron chi connectivity index (χ2n) is 2.86. The largest absolute Gasteiger partial charge is 0.494 e. The zero-order valence-electron chi connectivity index (χ0n) is 8.32. The van der Waals surface area contributed by atoms with Crippen molar-refractivity contribution in [1.29, 1.82) is 0 Å². The lowest BCUT2D eigenvalue weighted by Crippen LogP contribution is -1.95. The average molecular weight is 269 g/mol. The lowest BCUT2D eigenvalue weighted by atomic mass is 10.2. The van der Waals surface area contributed by atoms with Gasteiger partial charge < -0.3 is 9.47 Å². The Kier molecular flexibility index (Phi) is 2.73. The molecular weight excluding hydrogens is 260 g/mol. The number of para-hydroxylation sites is 1. The Morgan fingerprint density at radius 2 is 1.93 bits per heavy atom. The lowest BCUT2D eigenvalue weighted by Gasteiger charge is -2.07. The molecule has 4 nitrogen and oxygen atoms in total. The smallest absolute Gasteiger partial charge is 0.225 e. The fourth-order valence-electron chi connectivity index (χ4n) is 1.39. The predicted octanol–water partition coefficient (Wildman–Crippen LogP) is 2.41. The number of ether oxygens (including phenoxy) is 2. The topological polar surface area (TPSA) is 44.2 Å². The molecule has 0 amide bonds. The lowest BCUT2D eigenvalue weighted by molar-refractivity contribution is 0.400. The molecule has 0 N–H and O–H groups in total. The summed E-state index contributed by atoms with van der Waals surface area (Å²) in [6, 6.07) is 5.62. The minimum Gasteiger partial charge on any atom is -0.494 e. The molecule has 1 aromatic heterocycles. The summed E-state index contributed by atoms with van der Waals surface area (Å²) in [5.74, 6) is 1.24. The SMILES string of the molecule is COc1nc(Br)nc2c(OC)cccc12. The van der Waals surface area contributed by atoms with E-state index in [-0.39, 0.29) is 0 Å². The fraction of sp³-hybridized carbons (Fsp3) is 0.200. The van der Waals surface area contributed by atoms with Gasteiger partial charge in [-0.15, -0.1) is 0 Å². The Morgan fingerprint density at radius 1 is 1.13 bits per heavy atom. The quantitative estimate of drug-likeness (QED) is 0.785. The monoisotopic (exact) mass is 268 g/mol. The summed E-state index contributed by atoms with van der Waals surface area (Å²) in [6.07, 6.45) is 0. The molecule has 0 aliphatic rings. The van der Waals surface area contributed by atoms with Crippen molar-refractivity contribution < 1.29 is 9.47 Å². The number of hydrogen-bond donors (Lipinski definition) is 0.